The van der Waals surface area contributed by atoms with E-state index in [1.807, 2.05) is 0 Å². The number of hydrogen-bond acceptors (Lipinski definition) is 2. The number of nitrogens with two attached hydrogens (primary N) is 1. The molecule has 0 saturated heterocycles. The normalized spacial score (nSPS) is 17.1. The van der Waals surface area contributed by atoms with E-state index in [-0.39, 0.29) is 0 Å². The van der Waals surface area contributed by atoms with Crippen LogP contribution in [-0.4, -0.2) is 12.0 Å². The Balaban J connectivity index is 2.15. The number of aliphatic imine (C=N–C) groups is 1. The maximum absolute atomic E-state index is 6.18. The predicted molar refractivity (Wildman–Crippen MR) is 89.4 cm³/mol. The summed E-state index contributed by atoms with van der Waals surface area (Å²) in [5, 5.41) is 4.09. The van der Waals surface area contributed by atoms with Crippen LogP contribution in [0.3, 0.4) is 0 Å². The molecule has 20 heavy (non-hydrogen) atoms. The third kappa shape index (κ3) is 4.25. The number of nitrogens with zero attached hydrogens (tertiary/aromatic N) is 1. The Morgan fingerprint density at radius 3 is 2.35 bits per heavy atom. The van der Waals surface area contributed by atoms with Gasteiger partial charge in [-0.1, -0.05) is 58.4 Å². The highest BCUT2D eigenvalue weighted by molar-refractivity contribution is 9.10. The predicted octanol–water partition coefficient (Wildman–Crippen LogP) is 4.32. The van der Waals surface area contributed by atoms with Crippen molar-refractivity contribution in [2.45, 2.75) is 38.1 Å². The molecular formula is C13H17BrCl2N4. The van der Waals surface area contributed by atoms with Crippen LogP contribution in [0.4, 0.5) is 5.69 Å². The van der Waals surface area contributed by atoms with Gasteiger partial charge in [0.15, 0.2) is 0 Å². The smallest absolute Gasteiger partial charge is 0.210 e. The van der Waals surface area contributed by atoms with Gasteiger partial charge in [0.25, 0.3) is 0 Å². The minimum atomic E-state index is 0.301. The van der Waals surface area contributed by atoms with Gasteiger partial charge in [0.2, 0.25) is 5.96 Å². The summed E-state index contributed by atoms with van der Waals surface area (Å²) in [5.41, 5.74) is 3.18. The minimum Gasteiger partial charge on any atom is -0.323 e. The van der Waals surface area contributed by atoms with Crippen LogP contribution >= 0.6 is 39.1 Å². The number of hydrazine groups is 1. The molecule has 1 aromatic carbocycles. The first-order chi connectivity index (χ1) is 9.60. The second kappa shape index (κ2) is 7.50. The fraction of sp³-hybridized carbons (Fsp3) is 0.462. The van der Waals surface area contributed by atoms with E-state index in [1.54, 1.807) is 12.1 Å². The van der Waals surface area contributed by atoms with E-state index in [9.17, 15) is 0 Å². The molecule has 0 unspecified atom stereocenters. The Morgan fingerprint density at radius 2 is 1.80 bits per heavy atom. The first kappa shape index (κ1) is 15.9. The first-order valence-electron chi connectivity index (χ1n) is 6.56. The maximum Gasteiger partial charge on any atom is 0.210 e. The minimum absolute atomic E-state index is 0.301. The van der Waals surface area contributed by atoms with Crippen LogP contribution in [0.15, 0.2) is 21.6 Å². The zero-order valence-electron chi connectivity index (χ0n) is 10.9. The molecule has 110 valence electrons. The number of benzene rings is 1. The lowest BCUT2D eigenvalue weighted by Gasteiger charge is -2.20. The standard InChI is InChI=1S/C13H17BrCl2N4/c14-8-6-10(15)12(11(16)7-8)19-13(20-17)18-9-4-2-1-3-5-9/h6-7,9H,1-5,17H2,(H2,18,19,20). The van der Waals surface area contributed by atoms with Gasteiger partial charge in [-0.25, -0.2) is 10.8 Å². The molecule has 0 aromatic heterocycles. The molecule has 0 amide bonds. The van der Waals surface area contributed by atoms with Crippen molar-refractivity contribution in [3.63, 3.8) is 0 Å². The zero-order valence-corrected chi connectivity index (χ0v) is 14.0. The van der Waals surface area contributed by atoms with E-state index in [4.69, 9.17) is 29.0 Å². The van der Waals surface area contributed by atoms with Crippen molar-refractivity contribution in [2.75, 3.05) is 5.32 Å². The highest BCUT2D eigenvalue weighted by Crippen LogP contribution is 2.33. The summed E-state index contributed by atoms with van der Waals surface area (Å²) in [6.45, 7) is 0. The molecule has 1 aliphatic rings. The molecule has 0 radical (unpaired) electrons. The van der Waals surface area contributed by atoms with Gasteiger partial charge in [0.1, 0.15) is 0 Å². The fourth-order valence-electron chi connectivity index (χ4n) is 2.28. The second-order valence-corrected chi connectivity index (χ2v) is 6.51. The van der Waals surface area contributed by atoms with Crippen molar-refractivity contribution in [1.29, 1.82) is 0 Å². The second-order valence-electron chi connectivity index (χ2n) is 4.78. The summed E-state index contributed by atoms with van der Waals surface area (Å²) in [6.07, 6.45) is 5.90. The number of rotatable bonds is 2. The van der Waals surface area contributed by atoms with E-state index < -0.39 is 0 Å². The highest BCUT2D eigenvalue weighted by Gasteiger charge is 2.14. The van der Waals surface area contributed by atoms with E-state index in [1.165, 1.54) is 19.3 Å². The van der Waals surface area contributed by atoms with Crippen molar-refractivity contribution in [3.8, 4) is 0 Å². The van der Waals surface area contributed by atoms with Crippen LogP contribution in [0.2, 0.25) is 10.0 Å². The van der Waals surface area contributed by atoms with Gasteiger partial charge in [-0.3, -0.25) is 5.43 Å². The summed E-state index contributed by atoms with van der Waals surface area (Å²) in [5.74, 6) is 6.02. The monoisotopic (exact) mass is 378 g/mol. The van der Waals surface area contributed by atoms with Crippen molar-refractivity contribution in [1.82, 2.24) is 5.43 Å². The summed E-state index contributed by atoms with van der Waals surface area (Å²) >= 11 is 15.7. The summed E-state index contributed by atoms with van der Waals surface area (Å²) in [6, 6.07) is 3.84. The third-order valence-corrected chi connectivity index (χ3v) is 4.33. The van der Waals surface area contributed by atoms with E-state index in [0.29, 0.717) is 27.7 Å². The summed E-state index contributed by atoms with van der Waals surface area (Å²) in [7, 11) is 0. The van der Waals surface area contributed by atoms with E-state index in [0.717, 1.165) is 17.3 Å². The Hall–Kier alpha value is -0.490. The molecule has 0 heterocycles. The van der Waals surface area contributed by atoms with Gasteiger partial charge >= 0.3 is 0 Å². The Kier molecular flexibility index (Phi) is 5.96. The summed E-state index contributed by atoms with van der Waals surface area (Å²) in [4.78, 5) is 4.59. The van der Waals surface area contributed by atoms with Crippen molar-refractivity contribution >= 4 is 50.8 Å². The van der Waals surface area contributed by atoms with Crippen LogP contribution in [-0.2, 0) is 0 Å². The van der Waals surface area contributed by atoms with Crippen LogP contribution < -0.4 is 16.6 Å². The van der Waals surface area contributed by atoms with Gasteiger partial charge in [-0.2, -0.15) is 0 Å². The molecule has 0 atom stereocenters. The third-order valence-electron chi connectivity index (χ3n) is 3.27. The molecular weight excluding hydrogens is 363 g/mol. The number of halogens is 3. The molecule has 0 aliphatic heterocycles. The largest absolute Gasteiger partial charge is 0.323 e. The molecule has 7 heteroatoms. The molecule has 1 aromatic rings. The van der Waals surface area contributed by atoms with Crippen molar-refractivity contribution in [2.24, 2.45) is 10.8 Å². The molecule has 4 N–H and O–H groups in total. The highest BCUT2D eigenvalue weighted by atomic mass is 79.9. The number of guanidine groups is 1. The van der Waals surface area contributed by atoms with Gasteiger partial charge in [0.05, 0.1) is 21.8 Å². The van der Waals surface area contributed by atoms with Crippen LogP contribution in [0.25, 0.3) is 0 Å². The first-order valence-corrected chi connectivity index (χ1v) is 8.11. The lowest BCUT2D eigenvalue weighted by atomic mass is 9.96. The Labute approximate surface area is 137 Å². The molecule has 1 saturated carbocycles. The van der Waals surface area contributed by atoms with Crippen molar-refractivity contribution < 1.29 is 0 Å². The number of nitrogens with one attached hydrogen (secondary N) is 2. The van der Waals surface area contributed by atoms with Gasteiger partial charge < -0.3 is 5.32 Å². The van der Waals surface area contributed by atoms with Gasteiger partial charge in [-0.05, 0) is 25.0 Å². The van der Waals surface area contributed by atoms with E-state index >= 15 is 0 Å². The molecule has 4 nitrogen and oxygen atoms in total. The average Bonchev–Trinajstić information content (AvgIpc) is 2.42. The van der Waals surface area contributed by atoms with Crippen LogP contribution in [0.1, 0.15) is 32.1 Å². The number of hydrogen-bond donors (Lipinski definition) is 3. The zero-order chi connectivity index (χ0) is 14.5. The maximum atomic E-state index is 6.18. The molecule has 1 fully saturated rings. The quantitative estimate of drug-likeness (QED) is 0.310. The Morgan fingerprint density at radius 1 is 1.20 bits per heavy atom. The van der Waals surface area contributed by atoms with Gasteiger partial charge in [-0.15, -0.1) is 0 Å². The SMILES string of the molecule is NNC(=NC1CCCCC1)Nc1c(Cl)cc(Br)cc1Cl. The lowest BCUT2D eigenvalue weighted by Crippen LogP contribution is -2.37. The van der Waals surface area contributed by atoms with Crippen LogP contribution in [0, 0.1) is 0 Å². The van der Waals surface area contributed by atoms with Crippen LogP contribution in [0.5, 0.6) is 0 Å². The van der Waals surface area contributed by atoms with Gasteiger partial charge in [0, 0.05) is 4.47 Å². The molecule has 0 spiro atoms. The fourth-order valence-corrected chi connectivity index (χ4v) is 3.58. The lowest BCUT2D eigenvalue weighted by molar-refractivity contribution is 0.442. The average molecular weight is 380 g/mol. The molecule has 2 rings (SSSR count). The number of anilines is 1. The Bertz CT molecular complexity index is 478. The topological polar surface area (TPSA) is 62.4 Å². The molecule has 0 bridgehead atoms. The molecule has 1 aliphatic carbocycles. The van der Waals surface area contributed by atoms with E-state index in [2.05, 4.69) is 31.7 Å². The summed E-state index contributed by atoms with van der Waals surface area (Å²) < 4.78 is 0.824. The van der Waals surface area contributed by atoms with Crippen molar-refractivity contribution in [3.05, 3.63) is 26.7 Å².